The Morgan fingerprint density at radius 1 is 1.53 bits per heavy atom. The zero-order valence-electron chi connectivity index (χ0n) is 8.30. The van der Waals surface area contributed by atoms with Gasteiger partial charge in [-0.05, 0) is 18.1 Å². The first-order valence-corrected chi connectivity index (χ1v) is 4.45. The summed E-state index contributed by atoms with van der Waals surface area (Å²) in [5.41, 5.74) is 6.42. The number of aromatic nitrogens is 1. The van der Waals surface area contributed by atoms with Crippen LogP contribution in [0.15, 0.2) is 18.3 Å². The number of rotatable bonds is 4. The minimum absolute atomic E-state index is 0.121. The van der Waals surface area contributed by atoms with Gasteiger partial charge in [0.05, 0.1) is 0 Å². The number of hydrogen-bond donors (Lipinski definition) is 2. The first-order chi connectivity index (χ1) is 7.00. The number of nitrogens with two attached hydrogens (primary N) is 1. The first kappa shape index (κ1) is 11.3. The van der Waals surface area contributed by atoms with E-state index in [2.05, 4.69) is 4.98 Å². The lowest BCUT2D eigenvalue weighted by Gasteiger charge is -2.05. The molecule has 0 aliphatic carbocycles. The van der Waals surface area contributed by atoms with Gasteiger partial charge >= 0.3 is 5.97 Å². The Morgan fingerprint density at radius 2 is 2.20 bits per heavy atom. The number of Topliss-reactive ketones (excluding diaryl/α,β-unsaturated/α-hetero) is 1. The van der Waals surface area contributed by atoms with Crippen molar-refractivity contribution in [3.8, 4) is 0 Å². The largest absolute Gasteiger partial charge is 0.480 e. The average molecular weight is 208 g/mol. The molecule has 0 amide bonds. The van der Waals surface area contributed by atoms with Gasteiger partial charge in [-0.15, -0.1) is 0 Å². The van der Waals surface area contributed by atoms with Crippen molar-refractivity contribution in [1.29, 1.82) is 0 Å². The molecule has 0 saturated carbocycles. The van der Waals surface area contributed by atoms with Gasteiger partial charge in [-0.1, -0.05) is 6.07 Å². The van der Waals surface area contributed by atoms with Gasteiger partial charge in [-0.3, -0.25) is 14.6 Å². The smallest absolute Gasteiger partial charge is 0.320 e. The number of carboxylic acids is 1. The summed E-state index contributed by atoms with van der Waals surface area (Å²) < 4.78 is 0. The summed E-state index contributed by atoms with van der Waals surface area (Å²) in [6.07, 6.45) is 1.68. The van der Waals surface area contributed by atoms with E-state index in [0.29, 0.717) is 11.3 Å². The number of ketones is 1. The Morgan fingerprint density at radius 3 is 2.60 bits per heavy atom. The van der Waals surface area contributed by atoms with Gasteiger partial charge in [0.1, 0.15) is 11.7 Å². The Labute approximate surface area is 86.9 Å². The van der Waals surface area contributed by atoms with Crippen LogP contribution < -0.4 is 5.73 Å². The van der Waals surface area contributed by atoms with E-state index in [1.807, 2.05) is 0 Å². The zero-order chi connectivity index (χ0) is 11.4. The molecule has 5 nitrogen and oxygen atoms in total. The maximum Gasteiger partial charge on any atom is 0.320 e. The Hall–Kier alpha value is -1.75. The molecule has 1 aromatic rings. The van der Waals surface area contributed by atoms with Gasteiger partial charge in [0.15, 0.2) is 5.78 Å². The fourth-order valence-electron chi connectivity index (χ4n) is 1.09. The molecule has 1 aromatic heterocycles. The fourth-order valence-corrected chi connectivity index (χ4v) is 1.09. The number of carbonyl (C=O) groups excluding carboxylic acids is 1. The van der Waals surface area contributed by atoms with E-state index in [1.165, 1.54) is 13.1 Å². The Kier molecular flexibility index (Phi) is 3.51. The second-order valence-electron chi connectivity index (χ2n) is 3.26. The van der Waals surface area contributed by atoms with Gasteiger partial charge in [-0.2, -0.15) is 0 Å². The maximum atomic E-state index is 10.9. The standard InChI is InChI=1S/C10H12N2O3/c1-6(13)9-3-2-7(5-12-9)4-8(11)10(14)15/h2-3,5,8H,4,11H2,1H3,(H,14,15)/t8-/m0/s1. The van der Waals surface area contributed by atoms with Gasteiger partial charge in [0, 0.05) is 13.1 Å². The minimum Gasteiger partial charge on any atom is -0.480 e. The molecule has 0 aliphatic rings. The quantitative estimate of drug-likeness (QED) is 0.691. The minimum atomic E-state index is -1.05. The average Bonchev–Trinajstić information content (AvgIpc) is 2.18. The fraction of sp³-hybridized carbons (Fsp3) is 0.300. The van der Waals surface area contributed by atoms with Crippen molar-refractivity contribution in [2.75, 3.05) is 0 Å². The summed E-state index contributed by atoms with van der Waals surface area (Å²) in [5, 5.41) is 8.59. The van der Waals surface area contributed by atoms with Crippen molar-refractivity contribution in [1.82, 2.24) is 4.98 Å². The summed E-state index contributed by atoms with van der Waals surface area (Å²) in [6, 6.07) is 2.29. The third-order valence-electron chi connectivity index (χ3n) is 1.96. The Balaban J connectivity index is 2.72. The van der Waals surface area contributed by atoms with Crippen LogP contribution in [-0.4, -0.2) is 27.9 Å². The Bertz CT molecular complexity index is 373. The van der Waals surface area contributed by atoms with Crippen LogP contribution in [0.1, 0.15) is 23.0 Å². The lowest BCUT2D eigenvalue weighted by molar-refractivity contribution is -0.138. The topological polar surface area (TPSA) is 93.3 Å². The summed E-state index contributed by atoms with van der Waals surface area (Å²) >= 11 is 0. The molecular weight excluding hydrogens is 196 g/mol. The second kappa shape index (κ2) is 4.65. The predicted molar refractivity (Wildman–Crippen MR) is 53.6 cm³/mol. The van der Waals surface area contributed by atoms with Crippen molar-refractivity contribution in [2.24, 2.45) is 5.73 Å². The van der Waals surface area contributed by atoms with Crippen LogP contribution in [-0.2, 0) is 11.2 Å². The van der Waals surface area contributed by atoms with Crippen molar-refractivity contribution < 1.29 is 14.7 Å². The normalized spacial score (nSPS) is 12.1. The molecule has 0 unspecified atom stereocenters. The third-order valence-corrected chi connectivity index (χ3v) is 1.96. The molecule has 5 heteroatoms. The summed E-state index contributed by atoms with van der Waals surface area (Å²) in [5.74, 6) is -1.17. The van der Waals surface area contributed by atoms with Crippen LogP contribution in [0.4, 0.5) is 0 Å². The lowest BCUT2D eigenvalue weighted by Crippen LogP contribution is -2.32. The van der Waals surface area contributed by atoms with Crippen molar-refractivity contribution in [3.63, 3.8) is 0 Å². The van der Waals surface area contributed by atoms with E-state index < -0.39 is 12.0 Å². The number of pyridine rings is 1. The first-order valence-electron chi connectivity index (χ1n) is 4.45. The highest BCUT2D eigenvalue weighted by Gasteiger charge is 2.12. The predicted octanol–water partition coefficient (Wildman–Crippen LogP) is 0.239. The lowest BCUT2D eigenvalue weighted by atomic mass is 10.1. The van der Waals surface area contributed by atoms with E-state index in [4.69, 9.17) is 10.8 Å². The molecule has 0 aromatic carbocycles. The van der Waals surface area contributed by atoms with Crippen LogP contribution in [0.5, 0.6) is 0 Å². The van der Waals surface area contributed by atoms with Crippen LogP contribution in [0.3, 0.4) is 0 Å². The molecule has 0 aliphatic heterocycles. The monoisotopic (exact) mass is 208 g/mol. The molecule has 1 atom stereocenters. The molecule has 1 rings (SSSR count). The van der Waals surface area contributed by atoms with E-state index in [-0.39, 0.29) is 12.2 Å². The van der Waals surface area contributed by atoms with Gasteiger partial charge < -0.3 is 10.8 Å². The van der Waals surface area contributed by atoms with Crippen molar-refractivity contribution >= 4 is 11.8 Å². The molecule has 1 heterocycles. The van der Waals surface area contributed by atoms with E-state index in [1.54, 1.807) is 12.1 Å². The highest BCUT2D eigenvalue weighted by atomic mass is 16.4. The van der Waals surface area contributed by atoms with Gasteiger partial charge in [-0.25, -0.2) is 0 Å². The molecule has 15 heavy (non-hydrogen) atoms. The van der Waals surface area contributed by atoms with Crippen molar-refractivity contribution in [3.05, 3.63) is 29.6 Å². The van der Waals surface area contributed by atoms with E-state index in [9.17, 15) is 9.59 Å². The molecule has 0 radical (unpaired) electrons. The molecule has 0 spiro atoms. The molecular formula is C10H12N2O3. The number of hydrogen-bond acceptors (Lipinski definition) is 4. The maximum absolute atomic E-state index is 10.9. The summed E-state index contributed by atoms with van der Waals surface area (Å²) in [4.78, 5) is 25.3. The van der Waals surface area contributed by atoms with Crippen LogP contribution in [0.2, 0.25) is 0 Å². The molecule has 80 valence electrons. The highest BCUT2D eigenvalue weighted by Crippen LogP contribution is 2.03. The summed E-state index contributed by atoms with van der Waals surface area (Å²) in [7, 11) is 0. The number of nitrogens with zero attached hydrogens (tertiary/aromatic N) is 1. The van der Waals surface area contributed by atoms with Crippen molar-refractivity contribution in [2.45, 2.75) is 19.4 Å². The zero-order valence-corrected chi connectivity index (χ0v) is 8.30. The molecule has 0 saturated heterocycles. The molecule has 0 fully saturated rings. The van der Waals surface area contributed by atoms with Crippen LogP contribution in [0.25, 0.3) is 0 Å². The van der Waals surface area contributed by atoms with Gasteiger partial charge in [0.2, 0.25) is 0 Å². The van der Waals surface area contributed by atoms with E-state index >= 15 is 0 Å². The molecule has 0 bridgehead atoms. The number of carbonyl (C=O) groups is 2. The van der Waals surface area contributed by atoms with E-state index in [0.717, 1.165) is 0 Å². The third kappa shape index (κ3) is 3.14. The highest BCUT2D eigenvalue weighted by molar-refractivity contribution is 5.91. The van der Waals surface area contributed by atoms with Crippen LogP contribution in [0, 0.1) is 0 Å². The SMILES string of the molecule is CC(=O)c1ccc(C[C@H](N)C(=O)O)cn1. The van der Waals surface area contributed by atoms with Crippen LogP contribution >= 0.6 is 0 Å². The number of carboxylic acid groups (broad SMARTS) is 1. The second-order valence-corrected chi connectivity index (χ2v) is 3.26. The number of aliphatic carboxylic acids is 1. The summed E-state index contributed by atoms with van der Waals surface area (Å²) in [6.45, 7) is 1.42. The van der Waals surface area contributed by atoms with Gasteiger partial charge in [0.25, 0.3) is 0 Å². The molecule has 3 N–H and O–H groups in total.